The third-order valence-corrected chi connectivity index (χ3v) is 3.29. The summed E-state index contributed by atoms with van der Waals surface area (Å²) in [7, 11) is 0. The van der Waals surface area contributed by atoms with E-state index in [0.717, 1.165) is 19.3 Å². The number of nitrogens with zero attached hydrogens (tertiary/aromatic N) is 1. The predicted molar refractivity (Wildman–Crippen MR) is 66.1 cm³/mol. The maximum Gasteiger partial charge on any atom is 0.235 e. The lowest BCUT2D eigenvalue weighted by Crippen LogP contribution is -2.33. The smallest absolute Gasteiger partial charge is 0.235 e. The van der Waals surface area contributed by atoms with Gasteiger partial charge in [-0.2, -0.15) is 4.99 Å². The highest BCUT2D eigenvalue weighted by atomic mass is 16.3. The first-order valence-corrected chi connectivity index (χ1v) is 5.78. The van der Waals surface area contributed by atoms with Gasteiger partial charge in [0.1, 0.15) is 11.3 Å². The molecule has 0 heterocycles. The van der Waals surface area contributed by atoms with Crippen molar-refractivity contribution in [2.24, 2.45) is 4.99 Å². The zero-order valence-electron chi connectivity index (χ0n) is 10.1. The summed E-state index contributed by atoms with van der Waals surface area (Å²) in [5.41, 5.74) is 0.370. The topological polar surface area (TPSA) is 78.8 Å². The molecule has 18 heavy (non-hydrogen) atoms. The predicted octanol–water partition coefficient (Wildman–Crippen LogP) is 2.07. The fraction of sp³-hybridized carbons (Fsp3) is 0.385. The highest BCUT2D eigenvalue weighted by molar-refractivity contribution is 5.91. The molecule has 0 radical (unpaired) electrons. The monoisotopic (exact) mass is 246 g/mol. The quantitative estimate of drug-likeness (QED) is 0.486. The van der Waals surface area contributed by atoms with Crippen molar-refractivity contribution in [2.75, 3.05) is 5.32 Å². The standard InChI is InChI=1S/C13H14N2O3/c1-9(17)15-12-10(4-2-5-11(12)18)13(14-8-16)6-3-7-13/h2,4-5,18H,3,6-7H2,1H3,(H,15,17). The molecule has 1 aromatic carbocycles. The van der Waals surface area contributed by atoms with E-state index in [1.807, 2.05) is 0 Å². The maximum absolute atomic E-state index is 11.2. The average molecular weight is 246 g/mol. The zero-order valence-corrected chi connectivity index (χ0v) is 10.1. The Morgan fingerprint density at radius 3 is 2.72 bits per heavy atom. The number of amides is 1. The summed E-state index contributed by atoms with van der Waals surface area (Å²) in [5, 5.41) is 12.4. The van der Waals surface area contributed by atoms with Crippen molar-refractivity contribution >= 4 is 17.7 Å². The van der Waals surface area contributed by atoms with Gasteiger partial charge in [-0.1, -0.05) is 12.1 Å². The Kier molecular flexibility index (Phi) is 3.17. The molecule has 2 N–H and O–H groups in total. The van der Waals surface area contributed by atoms with Crippen molar-refractivity contribution in [2.45, 2.75) is 31.7 Å². The minimum atomic E-state index is -0.641. The number of benzene rings is 1. The van der Waals surface area contributed by atoms with Gasteiger partial charge in [-0.05, 0) is 25.3 Å². The fourth-order valence-electron chi connectivity index (χ4n) is 2.28. The van der Waals surface area contributed by atoms with Crippen LogP contribution in [-0.4, -0.2) is 17.1 Å². The van der Waals surface area contributed by atoms with Crippen LogP contribution in [0.3, 0.4) is 0 Å². The van der Waals surface area contributed by atoms with Crippen LogP contribution in [0.2, 0.25) is 0 Å². The lowest BCUT2D eigenvalue weighted by Gasteiger charge is -2.38. The molecular formula is C13H14N2O3. The van der Waals surface area contributed by atoms with E-state index in [1.165, 1.54) is 13.0 Å². The summed E-state index contributed by atoms with van der Waals surface area (Å²) < 4.78 is 0. The number of carbonyl (C=O) groups is 1. The number of aliphatic imine (C=N–C) groups is 1. The summed E-state index contributed by atoms with van der Waals surface area (Å²) in [5.74, 6) is -0.294. The van der Waals surface area contributed by atoms with Gasteiger partial charge in [0.25, 0.3) is 0 Å². The van der Waals surface area contributed by atoms with Gasteiger partial charge in [-0.15, -0.1) is 0 Å². The van der Waals surface area contributed by atoms with Crippen LogP contribution < -0.4 is 5.32 Å². The summed E-state index contributed by atoms with van der Waals surface area (Å²) >= 11 is 0. The van der Waals surface area contributed by atoms with Gasteiger partial charge in [0.2, 0.25) is 12.0 Å². The van der Waals surface area contributed by atoms with Crippen molar-refractivity contribution in [3.05, 3.63) is 23.8 Å². The number of rotatable bonds is 3. The fourth-order valence-corrected chi connectivity index (χ4v) is 2.28. The van der Waals surface area contributed by atoms with E-state index in [9.17, 15) is 14.7 Å². The number of anilines is 1. The Hall–Kier alpha value is -2.13. The molecule has 0 atom stereocenters. The van der Waals surface area contributed by atoms with Crippen molar-refractivity contribution in [3.8, 4) is 5.75 Å². The number of phenolic OH excluding ortho intramolecular Hbond substituents is 1. The van der Waals surface area contributed by atoms with Crippen LogP contribution in [0.25, 0.3) is 0 Å². The molecule has 94 valence electrons. The van der Waals surface area contributed by atoms with Crippen LogP contribution in [-0.2, 0) is 15.1 Å². The SMILES string of the molecule is CC(=O)Nc1c(O)cccc1C1(N=C=O)CCC1. The van der Waals surface area contributed by atoms with E-state index >= 15 is 0 Å². The van der Waals surface area contributed by atoms with Gasteiger partial charge >= 0.3 is 0 Å². The largest absolute Gasteiger partial charge is 0.506 e. The molecule has 0 spiro atoms. The van der Waals surface area contributed by atoms with Crippen LogP contribution in [0.15, 0.2) is 23.2 Å². The molecule has 1 fully saturated rings. The first kappa shape index (κ1) is 12.3. The first-order chi connectivity index (χ1) is 8.59. The highest BCUT2D eigenvalue weighted by Crippen LogP contribution is 2.49. The van der Waals surface area contributed by atoms with Crippen LogP contribution in [0.4, 0.5) is 5.69 Å². The summed E-state index contributed by atoms with van der Waals surface area (Å²) in [4.78, 5) is 25.6. The number of carbonyl (C=O) groups excluding carboxylic acids is 2. The summed E-state index contributed by atoms with van der Waals surface area (Å²) in [6, 6.07) is 4.94. The van der Waals surface area contributed by atoms with Crippen LogP contribution in [0.1, 0.15) is 31.7 Å². The van der Waals surface area contributed by atoms with E-state index < -0.39 is 5.54 Å². The number of aromatic hydroxyl groups is 1. The Bertz CT molecular complexity index is 529. The Balaban J connectivity index is 2.52. The highest BCUT2D eigenvalue weighted by Gasteiger charge is 2.41. The van der Waals surface area contributed by atoms with Crippen molar-refractivity contribution in [1.82, 2.24) is 0 Å². The Morgan fingerprint density at radius 2 is 2.22 bits per heavy atom. The Morgan fingerprint density at radius 1 is 1.50 bits per heavy atom. The van der Waals surface area contributed by atoms with Gasteiger partial charge in [-0.3, -0.25) is 4.79 Å². The Labute approximate surface area is 105 Å². The minimum absolute atomic E-state index is 0.0185. The second-order valence-corrected chi connectivity index (χ2v) is 4.47. The lowest BCUT2D eigenvalue weighted by molar-refractivity contribution is -0.114. The van der Waals surface area contributed by atoms with Gasteiger partial charge in [0, 0.05) is 12.5 Å². The molecule has 1 amide bonds. The van der Waals surface area contributed by atoms with E-state index in [2.05, 4.69) is 10.3 Å². The van der Waals surface area contributed by atoms with Crippen LogP contribution in [0.5, 0.6) is 5.75 Å². The molecule has 1 aliphatic rings. The first-order valence-electron chi connectivity index (χ1n) is 5.78. The van der Waals surface area contributed by atoms with Gasteiger partial charge in [0.05, 0.1) is 5.69 Å². The molecule has 2 rings (SSSR count). The molecule has 1 saturated carbocycles. The average Bonchev–Trinajstić information content (AvgIpc) is 2.26. The van der Waals surface area contributed by atoms with Crippen molar-refractivity contribution in [3.63, 3.8) is 0 Å². The van der Waals surface area contributed by atoms with Crippen LogP contribution >= 0.6 is 0 Å². The molecular weight excluding hydrogens is 232 g/mol. The molecule has 0 saturated heterocycles. The lowest BCUT2D eigenvalue weighted by atomic mass is 9.71. The molecule has 1 aliphatic carbocycles. The molecule has 0 unspecified atom stereocenters. The molecule has 5 nitrogen and oxygen atoms in total. The second kappa shape index (κ2) is 4.63. The normalized spacial score (nSPS) is 16.3. The summed E-state index contributed by atoms with van der Waals surface area (Å²) in [6.07, 6.45) is 3.99. The zero-order chi connectivity index (χ0) is 13.2. The molecule has 5 heteroatoms. The van der Waals surface area contributed by atoms with Gasteiger partial charge < -0.3 is 10.4 Å². The number of phenols is 1. The second-order valence-electron chi connectivity index (χ2n) is 4.47. The van der Waals surface area contributed by atoms with Crippen molar-refractivity contribution < 1.29 is 14.7 Å². The molecule has 0 aliphatic heterocycles. The molecule has 0 aromatic heterocycles. The van der Waals surface area contributed by atoms with E-state index in [1.54, 1.807) is 18.2 Å². The van der Waals surface area contributed by atoms with E-state index in [4.69, 9.17) is 0 Å². The van der Waals surface area contributed by atoms with E-state index in [0.29, 0.717) is 11.3 Å². The number of isocyanates is 1. The van der Waals surface area contributed by atoms with E-state index in [-0.39, 0.29) is 11.7 Å². The third-order valence-electron chi connectivity index (χ3n) is 3.29. The summed E-state index contributed by atoms with van der Waals surface area (Å²) in [6.45, 7) is 1.37. The number of hydrogen-bond acceptors (Lipinski definition) is 4. The van der Waals surface area contributed by atoms with Gasteiger partial charge in [-0.25, -0.2) is 4.79 Å². The molecule has 1 aromatic rings. The number of hydrogen-bond donors (Lipinski definition) is 2. The maximum atomic E-state index is 11.2. The molecule has 0 bridgehead atoms. The number of para-hydroxylation sites is 1. The van der Waals surface area contributed by atoms with Crippen molar-refractivity contribution in [1.29, 1.82) is 0 Å². The van der Waals surface area contributed by atoms with Gasteiger partial charge in [0.15, 0.2) is 0 Å². The van der Waals surface area contributed by atoms with Crippen LogP contribution in [0, 0.1) is 0 Å². The third kappa shape index (κ3) is 2.00. The minimum Gasteiger partial charge on any atom is -0.506 e. The number of nitrogens with one attached hydrogen (secondary N) is 1.